The number of unbranched alkanes of at least 4 members (excludes halogenated alkanes) is 1. The van der Waals surface area contributed by atoms with Gasteiger partial charge in [-0.3, -0.25) is 0 Å². The molecule has 0 radical (unpaired) electrons. The van der Waals surface area contributed by atoms with E-state index in [4.69, 9.17) is 9.47 Å². The van der Waals surface area contributed by atoms with Gasteiger partial charge in [-0.15, -0.1) is 30.1 Å². The van der Waals surface area contributed by atoms with E-state index in [2.05, 4.69) is 37.0 Å². The molecule has 1 fully saturated rings. The van der Waals surface area contributed by atoms with Crippen LogP contribution < -0.4 is 0 Å². The van der Waals surface area contributed by atoms with Gasteiger partial charge in [0.15, 0.2) is 0 Å². The lowest BCUT2D eigenvalue weighted by atomic mass is 10.3. The lowest BCUT2D eigenvalue weighted by Crippen LogP contribution is -2.25. The zero-order chi connectivity index (χ0) is 13.1. The van der Waals surface area contributed by atoms with Gasteiger partial charge in [0.2, 0.25) is 0 Å². The van der Waals surface area contributed by atoms with E-state index in [0.29, 0.717) is 11.2 Å². The minimum atomic E-state index is 0.225. The van der Waals surface area contributed by atoms with Crippen molar-refractivity contribution in [2.45, 2.75) is 43.3 Å². The minimum absolute atomic E-state index is 0.225. The Morgan fingerprint density at radius 2 is 2.17 bits per heavy atom. The van der Waals surface area contributed by atoms with Crippen LogP contribution in [-0.2, 0) is 9.47 Å². The summed E-state index contributed by atoms with van der Waals surface area (Å²) in [6.45, 7) is 8.11. The van der Waals surface area contributed by atoms with Crippen LogP contribution in [0.15, 0.2) is 12.7 Å². The third-order valence-corrected chi connectivity index (χ3v) is 5.74. The zero-order valence-electron chi connectivity index (χ0n) is 11.4. The standard InChI is InChI=1S/C14H26O2S2/c1-3-5-8-15-12-13(16-7-4-2)11-14-17-9-6-10-18-14/h4,13-14H,2-3,5-12H2,1H3. The third-order valence-electron chi connectivity index (χ3n) is 2.75. The van der Waals surface area contributed by atoms with Gasteiger partial charge >= 0.3 is 0 Å². The fourth-order valence-corrected chi connectivity index (χ4v) is 4.73. The summed E-state index contributed by atoms with van der Waals surface area (Å²) in [5, 5.41) is 0. The van der Waals surface area contributed by atoms with Crippen molar-refractivity contribution >= 4 is 23.5 Å². The molecule has 1 heterocycles. The number of thioether (sulfide) groups is 2. The van der Waals surface area contributed by atoms with E-state index >= 15 is 0 Å². The molecular weight excluding hydrogens is 264 g/mol. The Labute approximate surface area is 120 Å². The highest BCUT2D eigenvalue weighted by Gasteiger charge is 2.20. The van der Waals surface area contributed by atoms with Gasteiger partial charge in [0.25, 0.3) is 0 Å². The van der Waals surface area contributed by atoms with E-state index in [1.165, 1.54) is 24.3 Å². The first-order valence-electron chi connectivity index (χ1n) is 6.90. The molecule has 1 unspecified atom stereocenters. The monoisotopic (exact) mass is 290 g/mol. The molecule has 18 heavy (non-hydrogen) atoms. The molecule has 1 rings (SSSR count). The van der Waals surface area contributed by atoms with Crippen molar-refractivity contribution in [3.8, 4) is 0 Å². The van der Waals surface area contributed by atoms with Crippen molar-refractivity contribution in [2.24, 2.45) is 0 Å². The van der Waals surface area contributed by atoms with Crippen LogP contribution in [-0.4, -0.2) is 42.0 Å². The molecule has 1 aliphatic heterocycles. The maximum atomic E-state index is 5.80. The first-order chi connectivity index (χ1) is 8.86. The molecule has 2 nitrogen and oxygen atoms in total. The molecule has 0 aromatic rings. The molecule has 1 saturated heterocycles. The number of ether oxygens (including phenoxy) is 2. The summed E-state index contributed by atoms with van der Waals surface area (Å²) >= 11 is 4.14. The Balaban J connectivity index is 2.22. The molecule has 4 heteroatoms. The first kappa shape index (κ1) is 16.4. The molecule has 1 aliphatic rings. The number of rotatable bonds is 10. The van der Waals surface area contributed by atoms with Crippen LogP contribution in [0.5, 0.6) is 0 Å². The smallest absolute Gasteiger partial charge is 0.0831 e. The van der Waals surface area contributed by atoms with Crippen LogP contribution in [0.1, 0.15) is 32.6 Å². The van der Waals surface area contributed by atoms with Crippen LogP contribution in [0.4, 0.5) is 0 Å². The molecule has 0 aromatic carbocycles. The maximum absolute atomic E-state index is 5.80. The molecule has 0 saturated carbocycles. The topological polar surface area (TPSA) is 18.5 Å². The molecule has 0 aromatic heterocycles. The van der Waals surface area contributed by atoms with Gasteiger partial charge in [0, 0.05) is 6.61 Å². The van der Waals surface area contributed by atoms with Crippen LogP contribution in [0.3, 0.4) is 0 Å². The van der Waals surface area contributed by atoms with E-state index < -0.39 is 0 Å². The summed E-state index contributed by atoms with van der Waals surface area (Å²) in [5.74, 6) is 2.59. The highest BCUT2D eigenvalue weighted by Crippen LogP contribution is 2.34. The van der Waals surface area contributed by atoms with Crippen molar-refractivity contribution in [3.63, 3.8) is 0 Å². The molecule has 0 bridgehead atoms. The molecule has 0 aliphatic carbocycles. The predicted molar refractivity (Wildman–Crippen MR) is 83.6 cm³/mol. The van der Waals surface area contributed by atoms with Crippen LogP contribution >= 0.6 is 23.5 Å². The van der Waals surface area contributed by atoms with Gasteiger partial charge in [-0.1, -0.05) is 19.4 Å². The van der Waals surface area contributed by atoms with Crippen molar-refractivity contribution in [2.75, 3.05) is 31.3 Å². The maximum Gasteiger partial charge on any atom is 0.0831 e. The lowest BCUT2D eigenvalue weighted by Gasteiger charge is -2.25. The third kappa shape index (κ3) is 7.72. The van der Waals surface area contributed by atoms with Gasteiger partial charge in [0.1, 0.15) is 0 Å². The van der Waals surface area contributed by atoms with Gasteiger partial charge in [-0.25, -0.2) is 0 Å². The second-order valence-corrected chi connectivity index (χ2v) is 7.35. The number of hydrogen-bond acceptors (Lipinski definition) is 4. The molecule has 0 N–H and O–H groups in total. The predicted octanol–water partition coefficient (Wildman–Crippen LogP) is 3.96. The average molecular weight is 290 g/mol. The van der Waals surface area contributed by atoms with Crippen molar-refractivity contribution in [1.82, 2.24) is 0 Å². The second-order valence-electron chi connectivity index (χ2n) is 4.43. The Morgan fingerprint density at radius 3 is 2.83 bits per heavy atom. The minimum Gasteiger partial charge on any atom is -0.379 e. The van der Waals surface area contributed by atoms with Crippen LogP contribution in [0.25, 0.3) is 0 Å². The van der Waals surface area contributed by atoms with Gasteiger partial charge in [0.05, 0.1) is 23.9 Å². The second kappa shape index (κ2) is 11.2. The van der Waals surface area contributed by atoms with E-state index in [0.717, 1.165) is 26.1 Å². The fraction of sp³-hybridized carbons (Fsp3) is 0.857. The van der Waals surface area contributed by atoms with Crippen LogP contribution in [0, 0.1) is 0 Å². The Morgan fingerprint density at radius 1 is 1.39 bits per heavy atom. The largest absolute Gasteiger partial charge is 0.379 e. The van der Waals surface area contributed by atoms with Crippen molar-refractivity contribution < 1.29 is 9.47 Å². The summed E-state index contributed by atoms with van der Waals surface area (Å²) in [6, 6.07) is 0. The summed E-state index contributed by atoms with van der Waals surface area (Å²) in [7, 11) is 0. The Kier molecular flexibility index (Phi) is 10.2. The molecule has 106 valence electrons. The van der Waals surface area contributed by atoms with Gasteiger partial charge in [-0.2, -0.15) is 0 Å². The SMILES string of the molecule is C=CCOC(COCCCC)CC1SCCCS1. The highest BCUT2D eigenvalue weighted by molar-refractivity contribution is 8.17. The molecule has 0 spiro atoms. The lowest BCUT2D eigenvalue weighted by molar-refractivity contribution is -0.00802. The molecule has 1 atom stereocenters. The van der Waals surface area contributed by atoms with E-state index in [1.807, 2.05) is 6.08 Å². The van der Waals surface area contributed by atoms with Crippen molar-refractivity contribution in [3.05, 3.63) is 12.7 Å². The first-order valence-corrected chi connectivity index (χ1v) is 9.00. The summed E-state index contributed by atoms with van der Waals surface area (Å²) < 4.78 is 12.2. The fourth-order valence-electron chi connectivity index (χ4n) is 1.74. The van der Waals surface area contributed by atoms with Gasteiger partial charge < -0.3 is 9.47 Å². The van der Waals surface area contributed by atoms with Crippen LogP contribution in [0.2, 0.25) is 0 Å². The zero-order valence-corrected chi connectivity index (χ0v) is 13.1. The average Bonchev–Trinajstić information content (AvgIpc) is 2.41. The quantitative estimate of drug-likeness (QED) is 0.447. The Hall–Kier alpha value is 0.360. The molecule has 0 amide bonds. The normalized spacial score (nSPS) is 18.7. The summed E-state index contributed by atoms with van der Waals surface area (Å²) in [5.41, 5.74) is 0. The summed E-state index contributed by atoms with van der Waals surface area (Å²) in [6.07, 6.45) is 6.81. The number of hydrogen-bond donors (Lipinski definition) is 0. The molecular formula is C14H26O2S2. The van der Waals surface area contributed by atoms with E-state index in [1.54, 1.807) is 0 Å². The Bertz CT molecular complexity index is 206. The summed E-state index contributed by atoms with van der Waals surface area (Å²) in [4.78, 5) is 0. The van der Waals surface area contributed by atoms with E-state index in [9.17, 15) is 0 Å². The highest BCUT2D eigenvalue weighted by atomic mass is 32.2. The van der Waals surface area contributed by atoms with Crippen molar-refractivity contribution in [1.29, 1.82) is 0 Å². The van der Waals surface area contributed by atoms with Gasteiger partial charge in [-0.05, 0) is 30.8 Å². The van der Waals surface area contributed by atoms with E-state index in [-0.39, 0.29) is 6.10 Å².